The van der Waals surface area contributed by atoms with Crippen molar-refractivity contribution >= 4 is 11.8 Å². The fraction of sp³-hybridized carbons (Fsp3) is 0.545. The minimum Gasteiger partial charge on any atom is -0.383 e. The maximum Gasteiger partial charge on any atom is 0.232 e. The molecule has 4 rings (SSSR count). The fourth-order valence-electron chi connectivity index (χ4n) is 3.77. The number of hydrogen-bond donors (Lipinski definition) is 0. The molecule has 1 aromatic heterocycles. The van der Waals surface area contributed by atoms with Crippen molar-refractivity contribution in [2.75, 3.05) is 58.4 Å². The van der Waals surface area contributed by atoms with Crippen molar-refractivity contribution in [3.63, 3.8) is 0 Å². The van der Waals surface area contributed by atoms with Crippen molar-refractivity contribution in [2.24, 2.45) is 5.92 Å². The molecule has 0 N–H and O–H groups in total. The lowest BCUT2D eigenvalue weighted by Crippen LogP contribution is -2.45. The Morgan fingerprint density at radius 1 is 1.21 bits per heavy atom. The predicted molar refractivity (Wildman–Crippen MR) is 112 cm³/mol. The molecule has 0 atom stereocenters. The average molecular weight is 399 g/mol. The molecule has 0 bridgehead atoms. The summed E-state index contributed by atoms with van der Waals surface area (Å²) in [7, 11) is 3.80. The van der Waals surface area contributed by atoms with Gasteiger partial charge in [-0.1, -0.05) is 35.5 Å². The second kappa shape index (κ2) is 8.97. The summed E-state index contributed by atoms with van der Waals surface area (Å²) in [5.74, 6) is 1.17. The van der Waals surface area contributed by atoms with E-state index in [1.54, 1.807) is 7.11 Å². The largest absolute Gasteiger partial charge is 0.383 e. The summed E-state index contributed by atoms with van der Waals surface area (Å²) in [6, 6.07) is 10.1. The van der Waals surface area contributed by atoms with Crippen LogP contribution in [0.5, 0.6) is 0 Å². The highest BCUT2D eigenvalue weighted by Gasteiger charge is 2.35. The van der Waals surface area contributed by atoms with Crippen molar-refractivity contribution < 1.29 is 14.1 Å². The van der Waals surface area contributed by atoms with Gasteiger partial charge in [0.15, 0.2) is 0 Å². The summed E-state index contributed by atoms with van der Waals surface area (Å²) in [5.41, 5.74) is 2.83. The third-order valence-electron chi connectivity index (χ3n) is 5.76. The number of carbonyl (C=O) groups is 1. The second-order valence-corrected chi connectivity index (χ2v) is 8.00. The summed E-state index contributed by atoms with van der Waals surface area (Å²) in [5, 5.41) is 4.43. The lowest BCUT2D eigenvalue weighted by Gasteiger charge is -2.33. The van der Waals surface area contributed by atoms with Gasteiger partial charge in [-0.3, -0.25) is 4.79 Å². The van der Waals surface area contributed by atoms with Crippen LogP contribution in [0, 0.1) is 5.92 Å². The number of carbonyl (C=O) groups excluding carboxylic acids is 1. The number of benzene rings is 1. The summed E-state index contributed by atoms with van der Waals surface area (Å²) in [6.07, 6.45) is 1.98. The molecular formula is C22H30N4O3. The van der Waals surface area contributed by atoms with Gasteiger partial charge in [0.25, 0.3) is 0 Å². The summed E-state index contributed by atoms with van der Waals surface area (Å²) in [6.45, 7) is 5.34. The quantitative estimate of drug-likeness (QED) is 0.681. The second-order valence-electron chi connectivity index (χ2n) is 8.00. The normalized spacial score (nSPS) is 17.5. The van der Waals surface area contributed by atoms with E-state index in [0.717, 1.165) is 61.7 Å². The molecule has 1 aliphatic heterocycles. The average Bonchev–Trinajstić information content (AvgIpc) is 3.52. The zero-order valence-corrected chi connectivity index (χ0v) is 17.3. The van der Waals surface area contributed by atoms with E-state index in [0.29, 0.717) is 19.7 Å². The Morgan fingerprint density at radius 3 is 2.59 bits per heavy atom. The number of methoxy groups -OCH3 is 1. The predicted octanol–water partition coefficient (Wildman–Crippen LogP) is 2.48. The first kappa shape index (κ1) is 19.9. The zero-order chi connectivity index (χ0) is 20.2. The van der Waals surface area contributed by atoms with Gasteiger partial charge in [0.1, 0.15) is 5.69 Å². The van der Waals surface area contributed by atoms with Gasteiger partial charge in [-0.15, -0.1) is 0 Å². The molecule has 156 valence electrons. The van der Waals surface area contributed by atoms with E-state index in [4.69, 9.17) is 9.26 Å². The number of hydrogen-bond acceptors (Lipinski definition) is 6. The molecule has 0 unspecified atom stereocenters. The Morgan fingerprint density at radius 2 is 1.93 bits per heavy atom. The number of amides is 1. The SMILES string of the molecule is COCCN(Cc1c(-c2ccccc2)noc1N1CCN(C)CC1)C(=O)C1CC1. The monoisotopic (exact) mass is 398 g/mol. The van der Waals surface area contributed by atoms with Crippen LogP contribution in [0.15, 0.2) is 34.9 Å². The van der Waals surface area contributed by atoms with Gasteiger partial charge in [-0.2, -0.15) is 0 Å². The first-order valence-electron chi connectivity index (χ1n) is 10.4. The first-order chi connectivity index (χ1) is 14.2. The lowest BCUT2D eigenvalue weighted by molar-refractivity contribution is -0.133. The van der Waals surface area contributed by atoms with Gasteiger partial charge < -0.3 is 24.0 Å². The number of rotatable bonds is 8. The Labute approximate surface area is 172 Å². The van der Waals surface area contributed by atoms with Crippen LogP contribution < -0.4 is 4.90 Å². The van der Waals surface area contributed by atoms with Crippen LogP contribution in [0.1, 0.15) is 18.4 Å². The van der Waals surface area contributed by atoms with E-state index in [1.807, 2.05) is 35.2 Å². The Bertz CT molecular complexity index is 811. The molecule has 7 nitrogen and oxygen atoms in total. The smallest absolute Gasteiger partial charge is 0.232 e. The number of likely N-dealkylation sites (N-methyl/N-ethyl adjacent to an activating group) is 1. The van der Waals surface area contributed by atoms with Crippen molar-refractivity contribution in [1.82, 2.24) is 15.0 Å². The maximum absolute atomic E-state index is 12.9. The molecule has 1 saturated carbocycles. The highest BCUT2D eigenvalue weighted by atomic mass is 16.5. The zero-order valence-electron chi connectivity index (χ0n) is 17.3. The van der Waals surface area contributed by atoms with E-state index >= 15 is 0 Å². The minimum absolute atomic E-state index is 0.166. The third-order valence-corrected chi connectivity index (χ3v) is 5.76. The molecule has 7 heteroatoms. The minimum atomic E-state index is 0.166. The number of ether oxygens (including phenoxy) is 1. The third kappa shape index (κ3) is 4.62. The maximum atomic E-state index is 12.9. The molecule has 29 heavy (non-hydrogen) atoms. The van der Waals surface area contributed by atoms with Crippen molar-refractivity contribution in [1.29, 1.82) is 0 Å². The molecule has 1 saturated heterocycles. The molecule has 1 amide bonds. The van der Waals surface area contributed by atoms with Crippen LogP contribution >= 0.6 is 0 Å². The van der Waals surface area contributed by atoms with Gasteiger partial charge in [-0.25, -0.2) is 0 Å². The van der Waals surface area contributed by atoms with E-state index in [9.17, 15) is 4.79 Å². The molecule has 0 radical (unpaired) electrons. The molecule has 1 aliphatic carbocycles. The van der Waals surface area contributed by atoms with Gasteiger partial charge in [0.2, 0.25) is 11.8 Å². The van der Waals surface area contributed by atoms with Crippen molar-refractivity contribution in [3.05, 3.63) is 35.9 Å². The lowest BCUT2D eigenvalue weighted by atomic mass is 10.1. The fourth-order valence-corrected chi connectivity index (χ4v) is 3.77. The highest BCUT2D eigenvalue weighted by Crippen LogP contribution is 2.35. The standard InChI is InChI=1S/C22H30N4O3/c1-24-10-12-25(13-11-24)22-19(20(23-29-22)17-6-4-3-5-7-17)16-26(14-15-28-2)21(27)18-8-9-18/h3-7,18H,8-16H2,1-2H3. The van der Waals surface area contributed by atoms with Gasteiger partial charge in [-0.05, 0) is 19.9 Å². The molecule has 1 aromatic carbocycles. The molecule has 2 heterocycles. The molecule has 2 aromatic rings. The van der Waals surface area contributed by atoms with E-state index < -0.39 is 0 Å². The summed E-state index contributed by atoms with van der Waals surface area (Å²) < 4.78 is 11.1. The van der Waals surface area contributed by atoms with Crippen LogP contribution in [0.3, 0.4) is 0 Å². The number of anilines is 1. The van der Waals surface area contributed by atoms with Crippen LogP contribution in [0.25, 0.3) is 11.3 Å². The van der Waals surface area contributed by atoms with E-state index in [2.05, 4.69) is 22.0 Å². The molecule has 2 aliphatic rings. The number of piperazine rings is 1. The molecular weight excluding hydrogens is 368 g/mol. The van der Waals surface area contributed by atoms with Gasteiger partial charge >= 0.3 is 0 Å². The van der Waals surface area contributed by atoms with Crippen LogP contribution in [0.4, 0.5) is 5.88 Å². The van der Waals surface area contributed by atoms with Crippen LogP contribution in [0.2, 0.25) is 0 Å². The van der Waals surface area contributed by atoms with Gasteiger partial charge in [0, 0.05) is 51.3 Å². The number of aromatic nitrogens is 1. The van der Waals surface area contributed by atoms with Crippen LogP contribution in [-0.2, 0) is 16.1 Å². The molecule has 2 fully saturated rings. The van der Waals surface area contributed by atoms with E-state index in [-0.39, 0.29) is 11.8 Å². The Balaban J connectivity index is 1.66. The van der Waals surface area contributed by atoms with Crippen molar-refractivity contribution in [2.45, 2.75) is 19.4 Å². The summed E-state index contributed by atoms with van der Waals surface area (Å²) >= 11 is 0. The highest BCUT2D eigenvalue weighted by molar-refractivity contribution is 5.81. The summed E-state index contributed by atoms with van der Waals surface area (Å²) in [4.78, 5) is 19.4. The Hall–Kier alpha value is -2.38. The van der Waals surface area contributed by atoms with E-state index in [1.165, 1.54) is 0 Å². The first-order valence-corrected chi connectivity index (χ1v) is 10.4. The van der Waals surface area contributed by atoms with Crippen molar-refractivity contribution in [3.8, 4) is 11.3 Å². The van der Waals surface area contributed by atoms with Crippen LogP contribution in [-0.4, -0.2) is 74.4 Å². The Kier molecular flexibility index (Phi) is 6.16. The topological polar surface area (TPSA) is 62.1 Å². The number of nitrogens with zero attached hydrogens (tertiary/aromatic N) is 4. The molecule has 0 spiro atoms. The van der Waals surface area contributed by atoms with Gasteiger partial charge in [0.05, 0.1) is 18.7 Å².